The van der Waals surface area contributed by atoms with Crippen LogP contribution in [-0.4, -0.2) is 29.6 Å². The van der Waals surface area contributed by atoms with E-state index < -0.39 is 5.82 Å². The number of amides is 1. The van der Waals surface area contributed by atoms with Gasteiger partial charge in [0.25, 0.3) is 0 Å². The number of thioether (sulfide) groups is 1. The number of hydrogen-bond acceptors (Lipinski definition) is 3. The van der Waals surface area contributed by atoms with Gasteiger partial charge >= 0.3 is 0 Å². The smallest absolute Gasteiger partial charge is 0.235 e. The van der Waals surface area contributed by atoms with Crippen LogP contribution in [0.15, 0.2) is 23.1 Å². The van der Waals surface area contributed by atoms with E-state index in [0.717, 1.165) is 6.42 Å². The molecule has 3 nitrogen and oxygen atoms in total. The third kappa shape index (κ3) is 2.42. The minimum Gasteiger partial charge on any atom is -0.345 e. The molecule has 1 heterocycles. The Morgan fingerprint density at radius 3 is 2.88 bits per heavy atom. The van der Waals surface area contributed by atoms with Gasteiger partial charge in [0, 0.05) is 18.5 Å². The molecule has 1 atom stereocenters. The molecule has 0 aliphatic carbocycles. The average molecular weight is 250 g/mol. The Bertz CT molecular complexity index is 498. The van der Waals surface area contributed by atoms with E-state index in [4.69, 9.17) is 5.26 Å². The zero-order valence-electron chi connectivity index (χ0n) is 9.31. The van der Waals surface area contributed by atoms with Gasteiger partial charge in [-0.25, -0.2) is 4.39 Å². The molecular formula is C12H11FN2OS. The number of benzene rings is 1. The van der Waals surface area contributed by atoms with Gasteiger partial charge in [-0.3, -0.25) is 4.79 Å². The first kappa shape index (κ1) is 11.9. The lowest BCUT2D eigenvalue weighted by molar-refractivity contribution is -0.126. The summed E-state index contributed by atoms with van der Waals surface area (Å²) < 4.78 is 13.6. The Morgan fingerprint density at radius 2 is 2.35 bits per heavy atom. The van der Waals surface area contributed by atoms with Crippen molar-refractivity contribution in [1.82, 2.24) is 4.90 Å². The van der Waals surface area contributed by atoms with Gasteiger partial charge in [0.2, 0.25) is 5.91 Å². The van der Waals surface area contributed by atoms with Crippen LogP contribution < -0.4 is 0 Å². The van der Waals surface area contributed by atoms with Crippen LogP contribution in [0.2, 0.25) is 0 Å². The number of nitrogens with zero attached hydrogens (tertiary/aromatic N) is 2. The molecule has 1 aromatic carbocycles. The van der Waals surface area contributed by atoms with Gasteiger partial charge in [-0.15, -0.1) is 11.8 Å². The number of nitriles is 1. The molecule has 1 aliphatic heterocycles. The van der Waals surface area contributed by atoms with Crippen LogP contribution in [0.25, 0.3) is 0 Å². The molecule has 5 heteroatoms. The standard InChI is InChI=1S/C12H11FN2OS/c1-15-5-4-11(12(15)16)17-10-3-2-8(7-14)6-9(10)13/h2-3,6,11H,4-5H2,1H3. The molecule has 1 amide bonds. The van der Waals surface area contributed by atoms with Gasteiger partial charge in [0.1, 0.15) is 5.82 Å². The van der Waals surface area contributed by atoms with E-state index in [-0.39, 0.29) is 11.2 Å². The lowest BCUT2D eigenvalue weighted by Gasteiger charge is -2.10. The normalized spacial score (nSPS) is 19.5. The van der Waals surface area contributed by atoms with Gasteiger partial charge in [-0.05, 0) is 24.6 Å². The van der Waals surface area contributed by atoms with Crippen molar-refractivity contribution < 1.29 is 9.18 Å². The molecule has 17 heavy (non-hydrogen) atoms. The maximum absolute atomic E-state index is 13.6. The van der Waals surface area contributed by atoms with Crippen molar-refractivity contribution in [3.05, 3.63) is 29.6 Å². The fraction of sp³-hybridized carbons (Fsp3) is 0.333. The van der Waals surface area contributed by atoms with E-state index >= 15 is 0 Å². The molecule has 1 fully saturated rings. The monoisotopic (exact) mass is 250 g/mol. The van der Waals surface area contributed by atoms with E-state index in [2.05, 4.69) is 0 Å². The van der Waals surface area contributed by atoms with Crippen LogP contribution in [0.5, 0.6) is 0 Å². The van der Waals surface area contributed by atoms with E-state index in [1.807, 2.05) is 6.07 Å². The molecule has 1 saturated heterocycles. The first-order chi connectivity index (χ1) is 8.11. The summed E-state index contributed by atoms with van der Waals surface area (Å²) in [5, 5.41) is 8.42. The molecule has 0 N–H and O–H groups in total. The maximum atomic E-state index is 13.6. The van der Waals surface area contributed by atoms with Crippen molar-refractivity contribution in [2.45, 2.75) is 16.6 Å². The summed E-state index contributed by atoms with van der Waals surface area (Å²) in [6.45, 7) is 0.717. The summed E-state index contributed by atoms with van der Waals surface area (Å²) in [5.41, 5.74) is 0.293. The fourth-order valence-corrected chi connectivity index (χ4v) is 2.85. The predicted molar refractivity (Wildman–Crippen MR) is 63.0 cm³/mol. The van der Waals surface area contributed by atoms with Crippen LogP contribution in [0.1, 0.15) is 12.0 Å². The highest BCUT2D eigenvalue weighted by atomic mass is 32.2. The zero-order chi connectivity index (χ0) is 12.4. The number of hydrogen-bond donors (Lipinski definition) is 0. The minimum absolute atomic E-state index is 0.0405. The molecule has 0 radical (unpaired) electrons. The van der Waals surface area contributed by atoms with Gasteiger partial charge in [-0.2, -0.15) is 5.26 Å². The van der Waals surface area contributed by atoms with Crippen molar-refractivity contribution in [3.8, 4) is 6.07 Å². The third-order valence-corrected chi connectivity index (χ3v) is 4.02. The van der Waals surface area contributed by atoms with E-state index in [9.17, 15) is 9.18 Å². The molecule has 2 rings (SSSR count). The summed E-state index contributed by atoms with van der Waals surface area (Å²) >= 11 is 1.23. The highest BCUT2D eigenvalue weighted by Crippen LogP contribution is 2.32. The predicted octanol–water partition coefficient (Wildman–Crippen LogP) is 2.02. The molecule has 0 saturated carbocycles. The number of halogens is 1. The number of carbonyl (C=O) groups excluding carboxylic acids is 1. The highest BCUT2D eigenvalue weighted by Gasteiger charge is 2.30. The molecule has 0 spiro atoms. The average Bonchev–Trinajstić information content (AvgIpc) is 2.63. The second-order valence-corrected chi connectivity index (χ2v) is 5.16. The third-order valence-electron chi connectivity index (χ3n) is 2.71. The molecule has 1 aromatic rings. The summed E-state index contributed by atoms with van der Waals surface area (Å²) in [7, 11) is 1.75. The molecular weight excluding hydrogens is 239 g/mol. The Hall–Kier alpha value is -1.54. The summed E-state index contributed by atoms with van der Waals surface area (Å²) in [6.07, 6.45) is 0.736. The lowest BCUT2D eigenvalue weighted by atomic mass is 10.2. The van der Waals surface area contributed by atoms with E-state index in [0.29, 0.717) is 17.0 Å². The first-order valence-corrected chi connectivity index (χ1v) is 6.11. The van der Waals surface area contributed by atoms with Crippen molar-refractivity contribution in [2.24, 2.45) is 0 Å². The van der Waals surface area contributed by atoms with Crippen LogP contribution in [0.3, 0.4) is 0 Å². The van der Waals surface area contributed by atoms with Gasteiger partial charge in [-0.1, -0.05) is 0 Å². The second-order valence-electron chi connectivity index (χ2n) is 3.91. The Morgan fingerprint density at radius 1 is 1.59 bits per heavy atom. The minimum atomic E-state index is -0.434. The Labute approximate surface area is 103 Å². The quantitative estimate of drug-likeness (QED) is 0.806. The van der Waals surface area contributed by atoms with Crippen molar-refractivity contribution in [3.63, 3.8) is 0 Å². The SMILES string of the molecule is CN1CCC(Sc2ccc(C#N)cc2F)C1=O. The topological polar surface area (TPSA) is 44.1 Å². The maximum Gasteiger partial charge on any atom is 0.235 e. The van der Waals surface area contributed by atoms with E-state index in [1.165, 1.54) is 17.8 Å². The summed E-state index contributed by atoms with van der Waals surface area (Å²) in [4.78, 5) is 13.8. The zero-order valence-corrected chi connectivity index (χ0v) is 10.1. The number of likely N-dealkylation sites (tertiary alicyclic amines) is 1. The van der Waals surface area contributed by atoms with Crippen LogP contribution in [0, 0.1) is 17.1 Å². The van der Waals surface area contributed by atoms with Crippen molar-refractivity contribution in [1.29, 1.82) is 5.26 Å². The van der Waals surface area contributed by atoms with E-state index in [1.54, 1.807) is 24.1 Å². The van der Waals surface area contributed by atoms with Gasteiger partial charge in [0.15, 0.2) is 0 Å². The molecule has 1 aliphatic rings. The van der Waals surface area contributed by atoms with Gasteiger partial charge in [0.05, 0.1) is 16.9 Å². The van der Waals surface area contributed by atoms with Crippen LogP contribution in [0.4, 0.5) is 4.39 Å². The lowest BCUT2D eigenvalue weighted by Crippen LogP contribution is -2.23. The fourth-order valence-electron chi connectivity index (χ4n) is 1.72. The molecule has 88 valence electrons. The van der Waals surface area contributed by atoms with Crippen LogP contribution in [-0.2, 0) is 4.79 Å². The number of rotatable bonds is 2. The largest absolute Gasteiger partial charge is 0.345 e. The van der Waals surface area contributed by atoms with Gasteiger partial charge < -0.3 is 4.90 Å². The first-order valence-electron chi connectivity index (χ1n) is 5.23. The molecule has 0 bridgehead atoms. The van der Waals surface area contributed by atoms with Crippen molar-refractivity contribution in [2.75, 3.05) is 13.6 Å². The molecule has 0 aromatic heterocycles. The Balaban J connectivity index is 2.15. The van der Waals surface area contributed by atoms with Crippen LogP contribution >= 0.6 is 11.8 Å². The molecule has 1 unspecified atom stereocenters. The number of carbonyl (C=O) groups is 1. The van der Waals surface area contributed by atoms with Crippen molar-refractivity contribution >= 4 is 17.7 Å². The summed E-state index contributed by atoms with van der Waals surface area (Å²) in [5.74, 6) is -0.393. The second kappa shape index (κ2) is 4.76. The summed E-state index contributed by atoms with van der Waals surface area (Å²) in [6, 6.07) is 6.20. The highest BCUT2D eigenvalue weighted by molar-refractivity contribution is 8.00. The Kier molecular flexibility index (Phi) is 3.34.